The molecule has 0 spiro atoms. The van der Waals surface area contributed by atoms with E-state index in [2.05, 4.69) is 10.6 Å². The van der Waals surface area contributed by atoms with Crippen molar-refractivity contribution in [2.75, 3.05) is 19.6 Å². The van der Waals surface area contributed by atoms with Crippen molar-refractivity contribution in [3.05, 3.63) is 12.2 Å². The van der Waals surface area contributed by atoms with Crippen LogP contribution in [0.3, 0.4) is 0 Å². The number of carbonyl (C=O) groups is 1. The van der Waals surface area contributed by atoms with Gasteiger partial charge in [-0.05, 0) is 62.3 Å². The quantitative estimate of drug-likeness (QED) is 0.449. The topological polar surface area (TPSA) is 41.1 Å². The van der Waals surface area contributed by atoms with Crippen molar-refractivity contribution in [3.63, 3.8) is 0 Å². The Balaban J connectivity index is 1.49. The van der Waals surface area contributed by atoms with Gasteiger partial charge in [0.05, 0.1) is 5.92 Å². The van der Waals surface area contributed by atoms with E-state index >= 15 is 0 Å². The van der Waals surface area contributed by atoms with E-state index in [4.69, 9.17) is 0 Å². The maximum absolute atomic E-state index is 13.7. The summed E-state index contributed by atoms with van der Waals surface area (Å²) in [5.74, 6) is -1.18. The number of allylic oxidation sites excluding steroid dienone is 2. The van der Waals surface area contributed by atoms with E-state index in [1.54, 1.807) is 6.08 Å². The molecule has 3 rings (SSSR count). The van der Waals surface area contributed by atoms with Crippen LogP contribution in [0, 0.1) is 29.6 Å². The van der Waals surface area contributed by atoms with Gasteiger partial charge in [0.15, 0.2) is 0 Å². The van der Waals surface area contributed by atoms with Crippen LogP contribution in [0.4, 0.5) is 13.2 Å². The second-order valence-corrected chi connectivity index (χ2v) is 8.37. The monoisotopic (exact) mass is 372 g/mol. The van der Waals surface area contributed by atoms with Crippen molar-refractivity contribution in [1.82, 2.24) is 10.6 Å². The zero-order chi connectivity index (χ0) is 18.6. The lowest BCUT2D eigenvalue weighted by Crippen LogP contribution is -2.40. The number of halogens is 3. The average Bonchev–Trinajstić information content (AvgIpc) is 3.47. The molecule has 26 heavy (non-hydrogen) atoms. The number of amides is 1. The predicted molar refractivity (Wildman–Crippen MR) is 95.5 cm³/mol. The first-order valence-electron chi connectivity index (χ1n) is 10.1. The molecule has 0 aromatic heterocycles. The van der Waals surface area contributed by atoms with Gasteiger partial charge in [0, 0.05) is 19.5 Å². The van der Waals surface area contributed by atoms with Gasteiger partial charge in [0.25, 0.3) is 0 Å². The summed E-state index contributed by atoms with van der Waals surface area (Å²) in [4.78, 5) is 12.1. The Labute approximate surface area is 154 Å². The van der Waals surface area contributed by atoms with Gasteiger partial charge in [-0.1, -0.05) is 25.0 Å². The molecule has 0 radical (unpaired) electrons. The molecule has 0 bridgehead atoms. The van der Waals surface area contributed by atoms with Crippen LogP contribution in [0.5, 0.6) is 0 Å². The Kier molecular flexibility index (Phi) is 6.65. The van der Waals surface area contributed by atoms with Crippen LogP contribution in [0.1, 0.15) is 51.4 Å². The first kappa shape index (κ1) is 19.7. The molecule has 3 aliphatic rings. The zero-order valence-electron chi connectivity index (χ0n) is 15.4. The third-order valence-corrected chi connectivity index (χ3v) is 5.98. The van der Waals surface area contributed by atoms with Crippen molar-refractivity contribution in [3.8, 4) is 0 Å². The highest BCUT2D eigenvalue weighted by molar-refractivity contribution is 5.76. The number of rotatable bonds is 10. The van der Waals surface area contributed by atoms with E-state index in [0.29, 0.717) is 19.0 Å². The van der Waals surface area contributed by atoms with Crippen molar-refractivity contribution in [2.24, 2.45) is 29.6 Å². The fraction of sp³-hybridized carbons (Fsp3) is 0.850. The van der Waals surface area contributed by atoms with Crippen LogP contribution in [0.15, 0.2) is 12.2 Å². The van der Waals surface area contributed by atoms with Gasteiger partial charge in [-0.2, -0.15) is 13.2 Å². The molecular formula is C20H31F3N2O. The Morgan fingerprint density at radius 1 is 1.08 bits per heavy atom. The highest BCUT2D eigenvalue weighted by atomic mass is 19.4. The second-order valence-electron chi connectivity index (χ2n) is 8.37. The van der Waals surface area contributed by atoms with E-state index in [1.807, 2.05) is 6.08 Å². The predicted octanol–water partition coefficient (Wildman–Crippen LogP) is 4.05. The first-order chi connectivity index (χ1) is 12.4. The molecule has 0 aromatic rings. The molecule has 6 heteroatoms. The fourth-order valence-corrected chi connectivity index (χ4v) is 4.09. The van der Waals surface area contributed by atoms with Crippen LogP contribution < -0.4 is 10.6 Å². The Morgan fingerprint density at radius 2 is 1.81 bits per heavy atom. The van der Waals surface area contributed by atoms with Crippen molar-refractivity contribution in [2.45, 2.75) is 57.5 Å². The van der Waals surface area contributed by atoms with E-state index in [-0.39, 0.29) is 5.92 Å². The number of nitrogens with one attached hydrogen (secondary N) is 2. The van der Waals surface area contributed by atoms with Crippen LogP contribution in [-0.4, -0.2) is 31.7 Å². The van der Waals surface area contributed by atoms with Gasteiger partial charge < -0.3 is 10.6 Å². The summed E-state index contributed by atoms with van der Waals surface area (Å²) in [5, 5.41) is 5.90. The van der Waals surface area contributed by atoms with E-state index < -0.39 is 30.3 Å². The highest BCUT2D eigenvalue weighted by Gasteiger charge is 2.48. The molecule has 2 fully saturated rings. The number of carbonyl (C=O) groups excluding carboxylic acids is 1. The summed E-state index contributed by atoms with van der Waals surface area (Å²) in [6.45, 7) is 1.95. The number of hydrogen-bond acceptors (Lipinski definition) is 2. The molecule has 3 nitrogen and oxygen atoms in total. The molecular weight excluding hydrogens is 341 g/mol. The summed E-state index contributed by atoms with van der Waals surface area (Å²) >= 11 is 0. The molecule has 0 heterocycles. The molecule has 1 amide bonds. The average molecular weight is 372 g/mol. The van der Waals surface area contributed by atoms with Gasteiger partial charge >= 0.3 is 6.18 Å². The first-order valence-corrected chi connectivity index (χ1v) is 10.1. The minimum Gasteiger partial charge on any atom is -0.355 e. The fourth-order valence-electron chi connectivity index (χ4n) is 4.09. The molecule has 3 aliphatic carbocycles. The van der Waals surface area contributed by atoms with Crippen molar-refractivity contribution >= 4 is 5.91 Å². The van der Waals surface area contributed by atoms with E-state index in [0.717, 1.165) is 44.6 Å². The Hall–Kier alpha value is -1.04. The largest absolute Gasteiger partial charge is 0.392 e. The van der Waals surface area contributed by atoms with Crippen LogP contribution in [0.25, 0.3) is 0 Å². The third kappa shape index (κ3) is 6.29. The zero-order valence-corrected chi connectivity index (χ0v) is 15.4. The van der Waals surface area contributed by atoms with Gasteiger partial charge in [-0.25, -0.2) is 0 Å². The highest BCUT2D eigenvalue weighted by Crippen LogP contribution is 2.47. The summed E-state index contributed by atoms with van der Waals surface area (Å²) in [7, 11) is 0. The summed E-state index contributed by atoms with van der Waals surface area (Å²) in [6.07, 6.45) is 6.18. The van der Waals surface area contributed by atoms with Crippen LogP contribution >= 0.6 is 0 Å². The molecule has 0 aromatic carbocycles. The lowest BCUT2D eigenvalue weighted by Gasteiger charge is -2.35. The minimum absolute atomic E-state index is 0.0622. The van der Waals surface area contributed by atoms with Crippen LogP contribution in [0.2, 0.25) is 0 Å². The van der Waals surface area contributed by atoms with Crippen molar-refractivity contribution < 1.29 is 18.0 Å². The Bertz CT molecular complexity index is 498. The molecule has 3 atom stereocenters. The summed E-state index contributed by atoms with van der Waals surface area (Å²) in [5.41, 5.74) is 0. The lowest BCUT2D eigenvalue weighted by atomic mass is 9.72. The van der Waals surface area contributed by atoms with Crippen LogP contribution in [-0.2, 0) is 4.79 Å². The summed E-state index contributed by atoms with van der Waals surface area (Å²) in [6, 6.07) is 0. The Morgan fingerprint density at radius 3 is 2.46 bits per heavy atom. The molecule has 148 valence electrons. The standard InChI is InChI=1S/C20H31F3N2O/c21-20(22,23)18(12-19(26)25-10-9-24-13-15-7-8-15)17-4-2-1-3-16(17)11-14-5-6-14/h2,4,14-18,24H,1,3,5-13H2,(H,25,26). The van der Waals surface area contributed by atoms with Gasteiger partial charge in [0.1, 0.15) is 0 Å². The van der Waals surface area contributed by atoms with Gasteiger partial charge in [-0.15, -0.1) is 0 Å². The summed E-state index contributed by atoms with van der Waals surface area (Å²) < 4.78 is 41.1. The van der Waals surface area contributed by atoms with Gasteiger partial charge in [-0.3, -0.25) is 4.79 Å². The van der Waals surface area contributed by atoms with E-state index in [1.165, 1.54) is 12.8 Å². The molecule has 3 unspecified atom stereocenters. The smallest absolute Gasteiger partial charge is 0.355 e. The normalized spacial score (nSPS) is 27.3. The van der Waals surface area contributed by atoms with E-state index in [9.17, 15) is 18.0 Å². The molecule has 2 N–H and O–H groups in total. The van der Waals surface area contributed by atoms with Crippen molar-refractivity contribution in [1.29, 1.82) is 0 Å². The number of alkyl halides is 3. The maximum Gasteiger partial charge on any atom is 0.392 e. The number of hydrogen-bond donors (Lipinski definition) is 2. The molecule has 2 saturated carbocycles. The molecule has 0 saturated heterocycles. The van der Waals surface area contributed by atoms with Gasteiger partial charge in [0.2, 0.25) is 5.91 Å². The second kappa shape index (κ2) is 8.77. The SMILES string of the molecule is O=C(CC(C1C=CCCC1CC1CC1)C(F)(F)F)NCCNCC1CC1. The maximum atomic E-state index is 13.7. The minimum atomic E-state index is -4.34. The third-order valence-electron chi connectivity index (χ3n) is 5.98. The lowest BCUT2D eigenvalue weighted by molar-refractivity contribution is -0.193. The molecule has 0 aliphatic heterocycles.